The van der Waals surface area contributed by atoms with Gasteiger partial charge >= 0.3 is 6.09 Å². The van der Waals surface area contributed by atoms with Crippen molar-refractivity contribution in [1.29, 1.82) is 0 Å². The molecule has 0 spiro atoms. The molecule has 0 saturated carbocycles. The van der Waals surface area contributed by atoms with Gasteiger partial charge in [0.25, 0.3) is 0 Å². The Hall–Kier alpha value is -2.72. The molecule has 0 aromatic heterocycles. The monoisotopic (exact) mass is 433 g/mol. The van der Waals surface area contributed by atoms with Crippen LogP contribution < -0.4 is 5.32 Å². The van der Waals surface area contributed by atoms with Crippen molar-refractivity contribution in [3.8, 4) is 0 Å². The first-order valence-electron chi connectivity index (χ1n) is 10.6. The Morgan fingerprint density at radius 1 is 0.806 bits per heavy atom. The van der Waals surface area contributed by atoms with Gasteiger partial charge in [-0.15, -0.1) is 11.8 Å². The SMILES string of the molecule is C[C@H](CSC(c1ccccc1)(c1ccccc1)c1ccccc1)NC(=O)OC(C)(C)C. The standard InChI is InChI=1S/C27H31NO2S/c1-21(28-25(29)30-26(2,3)4)20-31-27(22-14-8-5-9-15-22,23-16-10-6-11-17-23)24-18-12-7-13-19-24/h5-19,21H,20H2,1-4H3,(H,28,29)/t21-/m1/s1. The second-order valence-corrected chi connectivity index (χ2v) is 9.87. The van der Waals surface area contributed by atoms with E-state index >= 15 is 0 Å². The molecule has 0 unspecified atom stereocenters. The number of carbonyl (C=O) groups excluding carboxylic acids is 1. The minimum atomic E-state index is -0.515. The molecule has 31 heavy (non-hydrogen) atoms. The van der Waals surface area contributed by atoms with E-state index in [0.29, 0.717) is 0 Å². The molecule has 1 N–H and O–H groups in total. The fourth-order valence-corrected chi connectivity index (χ4v) is 5.06. The average Bonchev–Trinajstić information content (AvgIpc) is 2.75. The van der Waals surface area contributed by atoms with Gasteiger partial charge in [-0.05, 0) is 44.4 Å². The number of hydrogen-bond acceptors (Lipinski definition) is 3. The van der Waals surface area contributed by atoms with Crippen LogP contribution in [0.15, 0.2) is 91.0 Å². The molecule has 0 aliphatic heterocycles. The molecule has 3 aromatic carbocycles. The quantitative estimate of drug-likeness (QED) is 0.425. The number of hydrogen-bond donors (Lipinski definition) is 1. The maximum Gasteiger partial charge on any atom is 0.407 e. The van der Waals surface area contributed by atoms with Crippen molar-refractivity contribution in [2.24, 2.45) is 0 Å². The van der Waals surface area contributed by atoms with Crippen LogP contribution in [-0.2, 0) is 9.48 Å². The summed E-state index contributed by atoms with van der Waals surface area (Å²) in [5, 5.41) is 2.98. The highest BCUT2D eigenvalue weighted by Gasteiger charge is 2.37. The van der Waals surface area contributed by atoms with Crippen molar-refractivity contribution in [3.63, 3.8) is 0 Å². The van der Waals surface area contributed by atoms with Gasteiger partial charge in [0.1, 0.15) is 5.60 Å². The maximum absolute atomic E-state index is 12.3. The van der Waals surface area contributed by atoms with E-state index in [4.69, 9.17) is 4.74 Å². The molecule has 3 rings (SSSR count). The van der Waals surface area contributed by atoms with Gasteiger partial charge in [0.15, 0.2) is 0 Å². The molecule has 0 radical (unpaired) electrons. The van der Waals surface area contributed by atoms with Crippen LogP contribution in [0.3, 0.4) is 0 Å². The summed E-state index contributed by atoms with van der Waals surface area (Å²) in [6.45, 7) is 7.63. The van der Waals surface area contributed by atoms with Crippen molar-refractivity contribution >= 4 is 17.9 Å². The molecule has 0 aliphatic rings. The molecule has 162 valence electrons. The molecule has 0 fully saturated rings. The molecule has 1 atom stereocenters. The van der Waals surface area contributed by atoms with Gasteiger partial charge in [0.05, 0.1) is 4.75 Å². The first kappa shape index (κ1) is 23.0. The largest absolute Gasteiger partial charge is 0.444 e. The summed E-state index contributed by atoms with van der Waals surface area (Å²) < 4.78 is 5.04. The Kier molecular flexibility index (Phi) is 7.45. The van der Waals surface area contributed by atoms with Crippen LogP contribution in [0, 0.1) is 0 Å². The summed E-state index contributed by atoms with van der Waals surface area (Å²) in [5.74, 6) is 0.720. The summed E-state index contributed by atoms with van der Waals surface area (Å²) in [5.41, 5.74) is 3.12. The zero-order valence-corrected chi connectivity index (χ0v) is 19.5. The number of carbonyl (C=O) groups is 1. The van der Waals surface area contributed by atoms with E-state index in [0.717, 1.165) is 5.75 Å². The number of ether oxygens (including phenoxy) is 1. The second kappa shape index (κ2) is 10.1. The normalized spacial score (nSPS) is 12.8. The third kappa shape index (κ3) is 5.92. The van der Waals surface area contributed by atoms with Gasteiger partial charge in [0.2, 0.25) is 0 Å². The van der Waals surface area contributed by atoms with Crippen molar-refractivity contribution in [1.82, 2.24) is 5.32 Å². The Bertz CT molecular complexity index is 856. The van der Waals surface area contributed by atoms with E-state index in [1.807, 2.05) is 57.7 Å². The van der Waals surface area contributed by atoms with Gasteiger partial charge in [-0.25, -0.2) is 4.79 Å². The first-order valence-corrected chi connectivity index (χ1v) is 11.6. The van der Waals surface area contributed by atoms with Crippen LogP contribution in [0.4, 0.5) is 4.79 Å². The lowest BCUT2D eigenvalue weighted by molar-refractivity contribution is 0.0513. The van der Waals surface area contributed by atoms with E-state index in [9.17, 15) is 4.79 Å². The third-order valence-corrected chi connectivity index (χ3v) is 6.66. The number of rotatable bonds is 7. The number of nitrogens with one attached hydrogen (secondary N) is 1. The van der Waals surface area contributed by atoms with Gasteiger partial charge in [-0.2, -0.15) is 0 Å². The van der Waals surface area contributed by atoms with Crippen molar-refractivity contribution in [2.75, 3.05) is 5.75 Å². The minimum absolute atomic E-state index is 0.0599. The molecule has 3 aromatic rings. The molecular weight excluding hydrogens is 402 g/mol. The first-order chi connectivity index (χ1) is 14.8. The highest BCUT2D eigenvalue weighted by Crippen LogP contribution is 2.48. The van der Waals surface area contributed by atoms with Gasteiger partial charge < -0.3 is 10.1 Å². The lowest BCUT2D eigenvalue weighted by Gasteiger charge is -2.36. The van der Waals surface area contributed by atoms with E-state index in [1.54, 1.807) is 0 Å². The zero-order chi connectivity index (χ0) is 22.3. The van der Waals surface area contributed by atoms with Crippen LogP contribution in [-0.4, -0.2) is 23.5 Å². The van der Waals surface area contributed by atoms with Gasteiger partial charge in [-0.3, -0.25) is 0 Å². The zero-order valence-electron chi connectivity index (χ0n) is 18.7. The predicted octanol–water partition coefficient (Wildman–Crippen LogP) is 6.62. The second-order valence-electron chi connectivity index (χ2n) is 8.64. The topological polar surface area (TPSA) is 38.3 Å². The summed E-state index contributed by atoms with van der Waals surface area (Å²) in [7, 11) is 0. The lowest BCUT2D eigenvalue weighted by atomic mass is 9.84. The van der Waals surface area contributed by atoms with E-state index < -0.39 is 10.3 Å². The number of benzene rings is 3. The average molecular weight is 434 g/mol. The van der Waals surface area contributed by atoms with E-state index in [2.05, 4.69) is 78.1 Å². The van der Waals surface area contributed by atoms with Crippen LogP contribution in [0.1, 0.15) is 44.4 Å². The van der Waals surface area contributed by atoms with Crippen LogP contribution >= 0.6 is 11.8 Å². The maximum atomic E-state index is 12.3. The van der Waals surface area contributed by atoms with Gasteiger partial charge in [0, 0.05) is 11.8 Å². The molecule has 0 saturated heterocycles. The van der Waals surface area contributed by atoms with E-state index in [1.165, 1.54) is 16.7 Å². The van der Waals surface area contributed by atoms with Crippen LogP contribution in [0.25, 0.3) is 0 Å². The summed E-state index contributed by atoms with van der Waals surface area (Å²) in [6, 6.07) is 31.6. The Labute approximate surface area is 190 Å². The number of amides is 1. The Balaban J connectivity index is 1.96. The van der Waals surface area contributed by atoms with Crippen molar-refractivity contribution in [2.45, 2.75) is 44.1 Å². The van der Waals surface area contributed by atoms with Crippen molar-refractivity contribution < 1.29 is 9.53 Å². The minimum Gasteiger partial charge on any atom is -0.444 e. The number of thioether (sulfide) groups is 1. The predicted molar refractivity (Wildman–Crippen MR) is 130 cm³/mol. The smallest absolute Gasteiger partial charge is 0.407 e. The lowest BCUT2D eigenvalue weighted by Crippen LogP contribution is -2.39. The Morgan fingerprint density at radius 2 is 1.19 bits per heavy atom. The summed E-state index contributed by atoms with van der Waals surface area (Å²) in [4.78, 5) is 12.3. The number of alkyl carbamates (subject to hydrolysis) is 1. The van der Waals surface area contributed by atoms with E-state index in [-0.39, 0.29) is 12.1 Å². The summed E-state index contributed by atoms with van der Waals surface area (Å²) >= 11 is 1.83. The van der Waals surface area contributed by atoms with Crippen LogP contribution in [0.5, 0.6) is 0 Å². The van der Waals surface area contributed by atoms with Crippen LogP contribution in [0.2, 0.25) is 0 Å². The molecule has 0 heterocycles. The molecule has 1 amide bonds. The summed E-state index contributed by atoms with van der Waals surface area (Å²) in [6.07, 6.45) is -0.384. The Morgan fingerprint density at radius 3 is 1.55 bits per heavy atom. The molecule has 3 nitrogen and oxygen atoms in total. The fraction of sp³-hybridized carbons (Fsp3) is 0.296. The van der Waals surface area contributed by atoms with Crippen molar-refractivity contribution in [3.05, 3.63) is 108 Å². The molecular formula is C27H31NO2S. The highest BCUT2D eigenvalue weighted by molar-refractivity contribution is 8.00. The molecule has 0 aliphatic carbocycles. The van der Waals surface area contributed by atoms with Gasteiger partial charge in [-0.1, -0.05) is 91.0 Å². The molecule has 0 bridgehead atoms. The highest BCUT2D eigenvalue weighted by atomic mass is 32.2. The molecule has 4 heteroatoms. The third-order valence-electron chi connectivity index (χ3n) is 4.85. The fourth-order valence-electron chi connectivity index (χ4n) is 3.57.